The van der Waals surface area contributed by atoms with Gasteiger partial charge in [0.15, 0.2) is 0 Å². The molecule has 0 aliphatic carbocycles. The Balaban J connectivity index is 2.21. The average Bonchev–Trinajstić information content (AvgIpc) is 2.67. The van der Waals surface area contributed by atoms with Crippen LogP contribution < -0.4 is 6.15 Å². The van der Waals surface area contributed by atoms with E-state index in [0.29, 0.717) is 0 Å². The third kappa shape index (κ3) is 7.85. The summed E-state index contributed by atoms with van der Waals surface area (Å²) in [6, 6.07) is 13.0. The third-order valence-electron chi connectivity index (χ3n) is 5.41. The van der Waals surface area contributed by atoms with Gasteiger partial charge in [0.05, 0.1) is 0 Å². The Morgan fingerprint density at radius 1 is 0.613 bits per heavy atom. The zero-order chi connectivity index (χ0) is 23.1. The number of aryl methyl sites for hydroxylation is 2. The van der Waals surface area contributed by atoms with Gasteiger partial charge in [-0.1, -0.05) is 0 Å². The first-order valence-corrected chi connectivity index (χ1v) is 28.0. The predicted octanol–water partition coefficient (Wildman–Crippen LogP) is 7.59. The fourth-order valence-corrected chi connectivity index (χ4v) is 36.4. The molecule has 0 heterocycles. The molecule has 0 bridgehead atoms. The average molecular weight is 640 g/mol. The molecule has 2 rings (SSSR count). The molecule has 0 saturated heterocycles. The Bertz CT molecular complexity index is 777. The van der Waals surface area contributed by atoms with Gasteiger partial charge in [0.25, 0.3) is 0 Å². The molecule has 5 heteroatoms. The summed E-state index contributed by atoms with van der Waals surface area (Å²) in [5.74, 6) is 2.05. The van der Waals surface area contributed by atoms with Crippen LogP contribution >= 0.6 is 0 Å². The van der Waals surface area contributed by atoms with Crippen molar-refractivity contribution in [2.24, 2.45) is 0 Å². The van der Waals surface area contributed by atoms with E-state index in [9.17, 15) is 0 Å². The molecule has 0 radical (unpaired) electrons. The first kappa shape index (κ1) is 26.8. The van der Waals surface area contributed by atoms with Crippen molar-refractivity contribution in [1.29, 1.82) is 0 Å². The number of hydrogen-bond donors (Lipinski definition) is 0. The Morgan fingerprint density at radius 3 is 1.32 bits per heavy atom. The van der Waals surface area contributed by atoms with Crippen LogP contribution in [-0.2, 0) is 27.1 Å². The van der Waals surface area contributed by atoms with Crippen LogP contribution in [0.5, 0.6) is 11.5 Å². The zero-order valence-electron chi connectivity index (χ0n) is 20.9. The molecule has 0 amide bonds. The molecule has 0 aliphatic heterocycles. The molecule has 0 aliphatic rings. The number of hydrogen-bond acceptors (Lipinski definition) is 3. The standard InChI is InChI=1S/2C11H16O.4CH3.O.2Sn/c2*1-3-6-9-7-5-8-11(12)10(9)4-2;;;;;;;/h2*5,7-8,12H,3-4,6H2,1-2H3;4*1H3;;;/q;;;;;;;2*+1/p-2. The summed E-state index contributed by atoms with van der Waals surface area (Å²) in [5, 5.41) is 0. The molecule has 0 spiro atoms. The quantitative estimate of drug-likeness (QED) is 0.224. The van der Waals surface area contributed by atoms with Crippen LogP contribution in [0.15, 0.2) is 36.4 Å². The summed E-state index contributed by atoms with van der Waals surface area (Å²) < 4.78 is 20.1. The summed E-state index contributed by atoms with van der Waals surface area (Å²) in [5.41, 5.74) is 5.49. The van der Waals surface area contributed by atoms with E-state index < -0.39 is 38.4 Å². The molecular weight excluding hydrogens is 598 g/mol. The molecule has 0 atom stereocenters. The van der Waals surface area contributed by atoms with Gasteiger partial charge in [-0.3, -0.25) is 0 Å². The van der Waals surface area contributed by atoms with Crippen LogP contribution in [0.2, 0.25) is 19.8 Å². The summed E-state index contributed by atoms with van der Waals surface area (Å²) in [7, 11) is 0. The van der Waals surface area contributed by atoms with Crippen molar-refractivity contribution in [2.45, 2.75) is 86.0 Å². The van der Waals surface area contributed by atoms with Crippen LogP contribution in [0.25, 0.3) is 0 Å². The fourth-order valence-electron chi connectivity index (χ4n) is 4.39. The first-order valence-electron chi connectivity index (χ1n) is 12.0. The van der Waals surface area contributed by atoms with Crippen molar-refractivity contribution in [2.75, 3.05) is 0 Å². The van der Waals surface area contributed by atoms with Crippen LogP contribution in [-0.4, -0.2) is 38.4 Å². The topological polar surface area (TPSA) is 27.7 Å². The van der Waals surface area contributed by atoms with E-state index in [1.54, 1.807) is 0 Å². The van der Waals surface area contributed by atoms with Crippen molar-refractivity contribution in [3.63, 3.8) is 0 Å². The van der Waals surface area contributed by atoms with Gasteiger partial charge in [-0.15, -0.1) is 0 Å². The Labute approximate surface area is 200 Å². The summed E-state index contributed by atoms with van der Waals surface area (Å²) >= 11 is -6.54. The predicted molar refractivity (Wildman–Crippen MR) is 137 cm³/mol. The molecular formula is C26H42O3Sn2. The minimum absolute atomic E-state index is 0.987. The maximum absolute atomic E-state index is 6.81. The van der Waals surface area contributed by atoms with E-state index in [1.807, 2.05) is 0 Å². The molecule has 31 heavy (non-hydrogen) atoms. The van der Waals surface area contributed by atoms with Gasteiger partial charge in [-0.2, -0.15) is 0 Å². The van der Waals surface area contributed by atoms with E-state index in [2.05, 4.69) is 83.9 Å². The molecule has 2 aromatic carbocycles. The number of benzene rings is 2. The van der Waals surface area contributed by atoms with Crippen molar-refractivity contribution < 1.29 is 7.56 Å². The van der Waals surface area contributed by atoms with Crippen molar-refractivity contribution in [1.82, 2.24) is 0 Å². The molecule has 0 unspecified atom stereocenters. The van der Waals surface area contributed by atoms with Crippen LogP contribution in [0.1, 0.15) is 62.8 Å². The van der Waals surface area contributed by atoms with Crippen molar-refractivity contribution in [3.8, 4) is 11.5 Å². The molecule has 2 aromatic rings. The van der Waals surface area contributed by atoms with Gasteiger partial charge in [0.2, 0.25) is 0 Å². The Hall–Kier alpha value is -0.403. The normalized spacial score (nSPS) is 12.1. The van der Waals surface area contributed by atoms with Gasteiger partial charge in [0.1, 0.15) is 0 Å². The summed E-state index contributed by atoms with van der Waals surface area (Å²) in [6.45, 7) is 8.89. The Morgan fingerprint density at radius 2 is 1.00 bits per heavy atom. The van der Waals surface area contributed by atoms with Crippen LogP contribution in [0, 0.1) is 0 Å². The minimum atomic E-state index is -3.27. The molecule has 3 nitrogen and oxygen atoms in total. The van der Waals surface area contributed by atoms with Crippen molar-refractivity contribution >= 4 is 38.4 Å². The zero-order valence-corrected chi connectivity index (χ0v) is 26.6. The Kier molecular flexibility index (Phi) is 10.5. The summed E-state index contributed by atoms with van der Waals surface area (Å²) in [4.78, 5) is 8.88. The van der Waals surface area contributed by atoms with Gasteiger partial charge >= 0.3 is 202 Å². The van der Waals surface area contributed by atoms with Gasteiger partial charge < -0.3 is 0 Å². The summed E-state index contributed by atoms with van der Waals surface area (Å²) in [6.07, 6.45) is 6.46. The first-order chi connectivity index (χ1) is 14.7. The molecule has 0 N–H and O–H groups in total. The molecule has 0 saturated carbocycles. The number of rotatable bonds is 12. The second-order valence-electron chi connectivity index (χ2n) is 9.10. The van der Waals surface area contributed by atoms with Gasteiger partial charge in [0, 0.05) is 0 Å². The van der Waals surface area contributed by atoms with Crippen molar-refractivity contribution in [3.05, 3.63) is 58.7 Å². The third-order valence-corrected chi connectivity index (χ3v) is 31.1. The van der Waals surface area contributed by atoms with Crippen LogP contribution in [0.4, 0.5) is 0 Å². The van der Waals surface area contributed by atoms with E-state index >= 15 is 0 Å². The molecule has 172 valence electrons. The van der Waals surface area contributed by atoms with E-state index in [1.165, 1.54) is 22.3 Å². The van der Waals surface area contributed by atoms with E-state index in [4.69, 9.17) is 7.56 Å². The second-order valence-corrected chi connectivity index (χ2v) is 30.7. The molecule has 0 aromatic heterocycles. The maximum atomic E-state index is 6.81. The van der Waals surface area contributed by atoms with Gasteiger partial charge in [-0.05, 0) is 0 Å². The van der Waals surface area contributed by atoms with E-state index in [-0.39, 0.29) is 0 Å². The molecule has 0 fully saturated rings. The fraction of sp³-hybridized carbons (Fsp3) is 0.538. The van der Waals surface area contributed by atoms with Gasteiger partial charge in [-0.25, -0.2) is 0 Å². The second kappa shape index (κ2) is 12.2. The van der Waals surface area contributed by atoms with Crippen LogP contribution in [0.3, 0.4) is 0 Å². The van der Waals surface area contributed by atoms with E-state index in [0.717, 1.165) is 50.0 Å². The monoisotopic (exact) mass is 642 g/mol. The SMILES string of the molecule is CCCc1cccc([O][Sn]([CH3])([CH3])[O][Sn]([CH3])([CH3])[O]c2cccc(CCC)c2CC)c1CC.